The number of piperidine rings is 1. The molecule has 21 heavy (non-hydrogen) atoms. The topological polar surface area (TPSA) is 107 Å². The van der Waals surface area contributed by atoms with Gasteiger partial charge in [0, 0.05) is 19.2 Å². The quantitative estimate of drug-likeness (QED) is 0.718. The van der Waals surface area contributed by atoms with Crippen molar-refractivity contribution >= 4 is 21.9 Å². The molecule has 1 aromatic carbocycles. The number of carboxylic acid groups (broad SMARTS) is 1. The lowest BCUT2D eigenvalue weighted by atomic mass is 9.99. The van der Waals surface area contributed by atoms with Crippen LogP contribution in [-0.4, -0.2) is 42.0 Å². The van der Waals surface area contributed by atoms with Crippen molar-refractivity contribution in [1.29, 1.82) is 0 Å². The Balaban J connectivity index is 2.05. The summed E-state index contributed by atoms with van der Waals surface area (Å²) in [6.07, 6.45) is 0.473. The minimum absolute atomic E-state index is 0.00865. The lowest BCUT2D eigenvalue weighted by Crippen LogP contribution is -2.42. The standard InChI is InChI=1S/C12H15FN2O5S/c13-10-7-9(1-2-11(10)16)14-21(19,20)15-5-3-8(4-6-15)12(17)18/h1-2,7-8,14,16H,3-6H2,(H,17,18). The van der Waals surface area contributed by atoms with E-state index in [1.165, 1.54) is 6.07 Å². The highest BCUT2D eigenvalue weighted by molar-refractivity contribution is 7.90. The van der Waals surface area contributed by atoms with Gasteiger partial charge in [-0.05, 0) is 25.0 Å². The van der Waals surface area contributed by atoms with Gasteiger partial charge in [-0.1, -0.05) is 0 Å². The molecule has 7 nitrogen and oxygen atoms in total. The number of phenolic OH excluding ortho intramolecular Hbond substituents is 1. The minimum atomic E-state index is -3.87. The Bertz CT molecular complexity index is 641. The Morgan fingerprint density at radius 3 is 2.48 bits per heavy atom. The molecule has 1 fully saturated rings. The molecule has 116 valence electrons. The van der Waals surface area contributed by atoms with Crippen LogP contribution in [0.2, 0.25) is 0 Å². The molecule has 9 heteroatoms. The molecule has 0 amide bonds. The number of anilines is 1. The van der Waals surface area contributed by atoms with Gasteiger partial charge in [-0.15, -0.1) is 0 Å². The number of phenols is 1. The van der Waals surface area contributed by atoms with E-state index < -0.39 is 33.7 Å². The molecule has 0 spiro atoms. The van der Waals surface area contributed by atoms with Gasteiger partial charge >= 0.3 is 16.2 Å². The van der Waals surface area contributed by atoms with Crippen molar-refractivity contribution in [3.05, 3.63) is 24.0 Å². The van der Waals surface area contributed by atoms with Crippen LogP contribution in [0.4, 0.5) is 10.1 Å². The van der Waals surface area contributed by atoms with Crippen LogP contribution in [0, 0.1) is 11.7 Å². The maximum Gasteiger partial charge on any atom is 0.306 e. The number of halogens is 1. The second-order valence-electron chi connectivity index (χ2n) is 4.78. The van der Waals surface area contributed by atoms with E-state index in [-0.39, 0.29) is 31.6 Å². The number of nitrogens with one attached hydrogen (secondary N) is 1. The first kappa shape index (κ1) is 15.5. The molecule has 0 aromatic heterocycles. The third kappa shape index (κ3) is 3.61. The third-order valence-electron chi connectivity index (χ3n) is 3.34. The van der Waals surface area contributed by atoms with Crippen LogP contribution in [0.15, 0.2) is 18.2 Å². The molecule has 0 unspecified atom stereocenters. The monoisotopic (exact) mass is 318 g/mol. The molecule has 1 aliphatic rings. The average molecular weight is 318 g/mol. The molecule has 0 radical (unpaired) electrons. The maximum absolute atomic E-state index is 13.2. The highest BCUT2D eigenvalue weighted by atomic mass is 32.2. The van der Waals surface area contributed by atoms with Gasteiger partial charge < -0.3 is 10.2 Å². The van der Waals surface area contributed by atoms with Crippen molar-refractivity contribution in [3.8, 4) is 5.75 Å². The highest BCUT2D eigenvalue weighted by Gasteiger charge is 2.31. The van der Waals surface area contributed by atoms with Gasteiger partial charge in [-0.25, -0.2) is 4.39 Å². The van der Waals surface area contributed by atoms with Crippen LogP contribution in [0.1, 0.15) is 12.8 Å². The molecule has 0 saturated carbocycles. The van der Waals surface area contributed by atoms with Gasteiger partial charge in [0.1, 0.15) is 0 Å². The SMILES string of the molecule is O=C(O)C1CCN(S(=O)(=O)Nc2ccc(O)c(F)c2)CC1. The largest absolute Gasteiger partial charge is 0.505 e. The molecule has 2 rings (SSSR count). The van der Waals surface area contributed by atoms with Crippen molar-refractivity contribution in [3.63, 3.8) is 0 Å². The average Bonchev–Trinajstić information content (AvgIpc) is 2.43. The smallest absolute Gasteiger partial charge is 0.306 e. The minimum Gasteiger partial charge on any atom is -0.505 e. The highest BCUT2D eigenvalue weighted by Crippen LogP contribution is 2.23. The molecule has 0 atom stereocenters. The fourth-order valence-electron chi connectivity index (χ4n) is 2.13. The van der Waals surface area contributed by atoms with Crippen LogP contribution in [0.3, 0.4) is 0 Å². The van der Waals surface area contributed by atoms with Gasteiger partial charge in [-0.2, -0.15) is 12.7 Å². The summed E-state index contributed by atoms with van der Waals surface area (Å²) in [7, 11) is -3.87. The van der Waals surface area contributed by atoms with Crippen molar-refractivity contribution in [2.24, 2.45) is 5.92 Å². The number of nitrogens with zero attached hydrogens (tertiary/aromatic N) is 1. The first-order valence-electron chi connectivity index (χ1n) is 6.29. The Hall–Kier alpha value is -1.87. The van der Waals surface area contributed by atoms with Gasteiger partial charge in [0.15, 0.2) is 11.6 Å². The summed E-state index contributed by atoms with van der Waals surface area (Å²) in [5.41, 5.74) is -0.00865. The number of carbonyl (C=O) groups is 1. The molecule has 1 aromatic rings. The van der Waals surface area contributed by atoms with E-state index in [1.807, 2.05) is 0 Å². The number of hydrogen-bond acceptors (Lipinski definition) is 4. The predicted molar refractivity (Wildman–Crippen MR) is 72.5 cm³/mol. The zero-order chi connectivity index (χ0) is 15.6. The fraction of sp³-hybridized carbons (Fsp3) is 0.417. The van der Waals surface area contributed by atoms with Crippen LogP contribution >= 0.6 is 0 Å². The lowest BCUT2D eigenvalue weighted by molar-refractivity contribution is -0.142. The molecule has 3 N–H and O–H groups in total. The summed E-state index contributed by atoms with van der Waals surface area (Å²) >= 11 is 0. The molecule has 1 aliphatic heterocycles. The number of hydrogen-bond donors (Lipinski definition) is 3. The summed E-state index contributed by atoms with van der Waals surface area (Å²) in [4.78, 5) is 10.8. The maximum atomic E-state index is 13.2. The molecule has 1 heterocycles. The van der Waals surface area contributed by atoms with Crippen LogP contribution < -0.4 is 4.72 Å². The predicted octanol–water partition coefficient (Wildman–Crippen LogP) is 0.985. The summed E-state index contributed by atoms with van der Waals surface area (Å²) < 4.78 is 40.7. The Labute approximate surface area is 121 Å². The van der Waals surface area contributed by atoms with Gasteiger partial charge in [0.05, 0.1) is 11.6 Å². The summed E-state index contributed by atoms with van der Waals surface area (Å²) in [6, 6.07) is 3.15. The molecule has 1 saturated heterocycles. The lowest BCUT2D eigenvalue weighted by Gasteiger charge is -2.29. The van der Waals surface area contributed by atoms with E-state index in [9.17, 15) is 17.6 Å². The number of benzene rings is 1. The van der Waals surface area contributed by atoms with E-state index >= 15 is 0 Å². The fourth-order valence-corrected chi connectivity index (χ4v) is 3.37. The molecular formula is C12H15FN2O5S. The van der Waals surface area contributed by atoms with E-state index in [4.69, 9.17) is 10.2 Å². The van der Waals surface area contributed by atoms with E-state index in [2.05, 4.69) is 4.72 Å². The van der Waals surface area contributed by atoms with Crippen molar-refractivity contribution in [2.75, 3.05) is 17.8 Å². The van der Waals surface area contributed by atoms with Crippen LogP contribution in [0.5, 0.6) is 5.75 Å². The molecular weight excluding hydrogens is 303 g/mol. The first-order chi connectivity index (χ1) is 9.79. The van der Waals surface area contributed by atoms with Gasteiger partial charge in [-0.3, -0.25) is 9.52 Å². The third-order valence-corrected chi connectivity index (χ3v) is 4.88. The number of aliphatic carboxylic acids is 1. The summed E-state index contributed by atoms with van der Waals surface area (Å²) in [6.45, 7) is 0.180. The van der Waals surface area contributed by atoms with Crippen molar-refractivity contribution in [1.82, 2.24) is 4.31 Å². The Kier molecular flexibility index (Phi) is 4.33. The molecule has 0 bridgehead atoms. The van der Waals surface area contributed by atoms with Gasteiger partial charge in [0.25, 0.3) is 0 Å². The number of rotatable bonds is 4. The molecule has 0 aliphatic carbocycles. The van der Waals surface area contributed by atoms with Gasteiger partial charge in [0.2, 0.25) is 0 Å². The van der Waals surface area contributed by atoms with Crippen molar-refractivity contribution in [2.45, 2.75) is 12.8 Å². The van der Waals surface area contributed by atoms with Crippen molar-refractivity contribution < 1.29 is 27.8 Å². The normalized spacial score (nSPS) is 17.6. The number of aromatic hydroxyl groups is 1. The zero-order valence-electron chi connectivity index (χ0n) is 11.0. The zero-order valence-corrected chi connectivity index (χ0v) is 11.8. The van der Waals surface area contributed by atoms with E-state index in [0.29, 0.717) is 0 Å². The van der Waals surface area contributed by atoms with E-state index in [0.717, 1.165) is 16.4 Å². The summed E-state index contributed by atoms with van der Waals surface area (Å²) in [5.74, 6) is -2.97. The van der Waals surface area contributed by atoms with E-state index in [1.54, 1.807) is 0 Å². The Morgan fingerprint density at radius 2 is 1.95 bits per heavy atom. The van der Waals surface area contributed by atoms with Crippen LogP contribution in [0.25, 0.3) is 0 Å². The summed E-state index contributed by atoms with van der Waals surface area (Å²) in [5, 5.41) is 17.9. The second kappa shape index (κ2) is 5.86. The number of carboxylic acids is 1. The second-order valence-corrected chi connectivity index (χ2v) is 6.46. The Morgan fingerprint density at radius 1 is 1.33 bits per heavy atom. The van der Waals surface area contributed by atoms with Crippen LogP contribution in [-0.2, 0) is 15.0 Å². The first-order valence-corrected chi connectivity index (χ1v) is 7.73.